The summed E-state index contributed by atoms with van der Waals surface area (Å²) in [4.78, 5) is 0. The van der Waals surface area contributed by atoms with Crippen LogP contribution in [0, 0.1) is 16.7 Å². The Hall–Kier alpha value is -0.0400. The smallest absolute Gasteiger partial charge is 0.0500 e. The molecular weight excluding hydrogens is 136 g/mol. The molecule has 1 saturated carbocycles. The Morgan fingerprint density at radius 1 is 1.36 bits per heavy atom. The van der Waals surface area contributed by atoms with E-state index in [1.54, 1.807) is 0 Å². The van der Waals surface area contributed by atoms with Crippen LogP contribution in [0.2, 0.25) is 0 Å². The molecule has 11 heavy (non-hydrogen) atoms. The molecule has 0 aromatic rings. The fourth-order valence-corrected chi connectivity index (χ4v) is 2.68. The van der Waals surface area contributed by atoms with Crippen LogP contribution in [0.25, 0.3) is 0 Å². The molecule has 2 fully saturated rings. The predicted molar refractivity (Wildman–Crippen MR) is 45.4 cm³/mol. The predicted octanol–water partition coefficient (Wildman–Crippen LogP) is 2.46. The topological polar surface area (TPSA) is 9.23 Å². The highest BCUT2D eigenvalue weighted by Gasteiger charge is 2.61. The lowest BCUT2D eigenvalue weighted by Crippen LogP contribution is -2.30. The third kappa shape index (κ3) is 0.936. The lowest BCUT2D eigenvalue weighted by molar-refractivity contribution is 0.0204. The van der Waals surface area contributed by atoms with E-state index in [-0.39, 0.29) is 0 Å². The highest BCUT2D eigenvalue weighted by atomic mass is 16.5. The molecule has 0 aromatic carbocycles. The maximum Gasteiger partial charge on any atom is 0.0500 e. The number of fused-ring (bicyclic) bond motifs is 1. The largest absolute Gasteiger partial charge is 0.381 e. The van der Waals surface area contributed by atoms with Crippen LogP contribution in [0.5, 0.6) is 0 Å². The number of rotatable bonds is 0. The average molecular weight is 154 g/mol. The maximum absolute atomic E-state index is 5.44. The van der Waals surface area contributed by atoms with Gasteiger partial charge >= 0.3 is 0 Å². The molecule has 0 radical (unpaired) electrons. The first-order chi connectivity index (χ1) is 5.06. The van der Waals surface area contributed by atoms with Gasteiger partial charge in [0.2, 0.25) is 0 Å². The summed E-state index contributed by atoms with van der Waals surface area (Å²) in [5, 5.41) is 0. The zero-order valence-corrected chi connectivity index (χ0v) is 7.81. The van der Waals surface area contributed by atoms with Crippen molar-refractivity contribution >= 4 is 0 Å². The van der Waals surface area contributed by atoms with E-state index >= 15 is 0 Å². The molecule has 1 aliphatic carbocycles. The molecule has 0 aromatic heterocycles. The Labute approximate surface area is 69.1 Å². The summed E-state index contributed by atoms with van der Waals surface area (Å²) >= 11 is 0. The van der Waals surface area contributed by atoms with Crippen LogP contribution in [0.15, 0.2) is 0 Å². The first-order valence-electron chi connectivity index (χ1n) is 4.64. The standard InChI is InChI=1S/C10H18O/c1-9(2,3)10-4-5-11-7-8(10)6-10/h8H,4-7H2,1-3H3/t8-,10+/m1/s1. The minimum atomic E-state index is 0.501. The molecule has 1 heteroatoms. The summed E-state index contributed by atoms with van der Waals surface area (Å²) in [6.07, 6.45) is 2.71. The Balaban J connectivity index is 2.13. The van der Waals surface area contributed by atoms with Crippen molar-refractivity contribution in [1.82, 2.24) is 0 Å². The third-order valence-electron chi connectivity index (χ3n) is 3.74. The first kappa shape index (κ1) is 7.60. The van der Waals surface area contributed by atoms with Crippen molar-refractivity contribution in [1.29, 1.82) is 0 Å². The maximum atomic E-state index is 5.44. The lowest BCUT2D eigenvalue weighted by Gasteiger charge is -2.34. The molecule has 2 rings (SSSR count). The van der Waals surface area contributed by atoms with Crippen molar-refractivity contribution in [2.75, 3.05) is 13.2 Å². The summed E-state index contributed by atoms with van der Waals surface area (Å²) in [7, 11) is 0. The second kappa shape index (κ2) is 2.01. The molecule has 2 atom stereocenters. The van der Waals surface area contributed by atoms with Gasteiger partial charge in [-0.25, -0.2) is 0 Å². The van der Waals surface area contributed by atoms with Crippen LogP contribution >= 0.6 is 0 Å². The van der Waals surface area contributed by atoms with Crippen LogP contribution in [-0.4, -0.2) is 13.2 Å². The van der Waals surface area contributed by atoms with Gasteiger partial charge in [-0.3, -0.25) is 0 Å². The lowest BCUT2D eigenvalue weighted by atomic mass is 9.73. The minimum absolute atomic E-state index is 0.501. The normalized spacial score (nSPS) is 43.4. The van der Waals surface area contributed by atoms with Gasteiger partial charge in [-0.05, 0) is 29.6 Å². The molecule has 1 saturated heterocycles. The van der Waals surface area contributed by atoms with E-state index in [4.69, 9.17) is 4.74 Å². The van der Waals surface area contributed by atoms with Crippen LogP contribution in [0.3, 0.4) is 0 Å². The minimum Gasteiger partial charge on any atom is -0.381 e. The second-order valence-electron chi connectivity index (χ2n) is 5.13. The van der Waals surface area contributed by atoms with Gasteiger partial charge in [-0.2, -0.15) is 0 Å². The highest BCUT2D eigenvalue weighted by Crippen LogP contribution is 2.66. The van der Waals surface area contributed by atoms with E-state index in [1.165, 1.54) is 12.8 Å². The van der Waals surface area contributed by atoms with Crippen molar-refractivity contribution < 1.29 is 4.74 Å². The SMILES string of the molecule is CC(C)(C)[C@]12CCOC[C@H]1C2. The monoisotopic (exact) mass is 154 g/mol. The molecule has 0 spiro atoms. The van der Waals surface area contributed by atoms with Gasteiger partial charge in [0.05, 0.1) is 0 Å². The van der Waals surface area contributed by atoms with E-state index in [1.807, 2.05) is 0 Å². The summed E-state index contributed by atoms with van der Waals surface area (Å²) in [5.41, 5.74) is 1.16. The van der Waals surface area contributed by atoms with Crippen LogP contribution in [0.1, 0.15) is 33.6 Å². The van der Waals surface area contributed by atoms with E-state index < -0.39 is 0 Å². The molecule has 2 aliphatic rings. The quantitative estimate of drug-likeness (QED) is 0.521. The average Bonchev–Trinajstić information content (AvgIpc) is 2.59. The van der Waals surface area contributed by atoms with E-state index in [0.717, 1.165) is 19.1 Å². The van der Waals surface area contributed by atoms with Gasteiger partial charge < -0.3 is 4.74 Å². The van der Waals surface area contributed by atoms with Gasteiger partial charge in [0, 0.05) is 13.2 Å². The zero-order chi connectivity index (χ0) is 8.11. The van der Waals surface area contributed by atoms with Crippen molar-refractivity contribution in [3.8, 4) is 0 Å². The van der Waals surface area contributed by atoms with Gasteiger partial charge in [-0.15, -0.1) is 0 Å². The Bertz CT molecular complexity index is 168. The van der Waals surface area contributed by atoms with Gasteiger partial charge in [0.1, 0.15) is 0 Å². The molecular formula is C10H18O. The number of hydrogen-bond donors (Lipinski definition) is 0. The number of hydrogen-bond acceptors (Lipinski definition) is 1. The van der Waals surface area contributed by atoms with Crippen molar-refractivity contribution in [3.05, 3.63) is 0 Å². The highest BCUT2D eigenvalue weighted by molar-refractivity contribution is 5.09. The summed E-state index contributed by atoms with van der Waals surface area (Å²) in [5.74, 6) is 0.885. The Morgan fingerprint density at radius 3 is 2.55 bits per heavy atom. The Morgan fingerprint density at radius 2 is 2.09 bits per heavy atom. The van der Waals surface area contributed by atoms with Crippen molar-refractivity contribution in [2.24, 2.45) is 16.7 Å². The van der Waals surface area contributed by atoms with Crippen LogP contribution in [-0.2, 0) is 4.74 Å². The fourth-order valence-electron chi connectivity index (χ4n) is 2.68. The second-order valence-corrected chi connectivity index (χ2v) is 5.13. The summed E-state index contributed by atoms with van der Waals surface area (Å²) in [6, 6.07) is 0. The van der Waals surface area contributed by atoms with Crippen LogP contribution in [0.4, 0.5) is 0 Å². The van der Waals surface area contributed by atoms with Gasteiger partial charge in [-0.1, -0.05) is 20.8 Å². The first-order valence-corrected chi connectivity index (χ1v) is 4.64. The summed E-state index contributed by atoms with van der Waals surface area (Å²) in [6.45, 7) is 9.14. The Kier molecular flexibility index (Phi) is 1.39. The molecule has 0 N–H and O–H groups in total. The summed E-state index contributed by atoms with van der Waals surface area (Å²) < 4.78 is 5.44. The molecule has 64 valence electrons. The molecule has 0 bridgehead atoms. The molecule has 0 amide bonds. The molecule has 1 aliphatic heterocycles. The zero-order valence-electron chi connectivity index (χ0n) is 7.81. The van der Waals surface area contributed by atoms with Crippen molar-refractivity contribution in [2.45, 2.75) is 33.6 Å². The third-order valence-corrected chi connectivity index (χ3v) is 3.74. The van der Waals surface area contributed by atoms with Crippen LogP contribution < -0.4 is 0 Å². The van der Waals surface area contributed by atoms with E-state index in [0.29, 0.717) is 10.8 Å². The van der Waals surface area contributed by atoms with E-state index in [2.05, 4.69) is 20.8 Å². The van der Waals surface area contributed by atoms with Gasteiger partial charge in [0.25, 0.3) is 0 Å². The fraction of sp³-hybridized carbons (Fsp3) is 1.00. The molecule has 0 unspecified atom stereocenters. The molecule has 1 nitrogen and oxygen atoms in total. The molecule has 1 heterocycles. The van der Waals surface area contributed by atoms with Crippen molar-refractivity contribution in [3.63, 3.8) is 0 Å². The van der Waals surface area contributed by atoms with E-state index in [9.17, 15) is 0 Å². The number of ether oxygens (including phenoxy) is 1. The van der Waals surface area contributed by atoms with Gasteiger partial charge in [0.15, 0.2) is 0 Å².